The fourth-order valence-corrected chi connectivity index (χ4v) is 6.57. The molecule has 6 atom stereocenters. The Morgan fingerprint density at radius 1 is 1.42 bits per heavy atom. The van der Waals surface area contributed by atoms with Crippen LogP contribution in [0.25, 0.3) is 0 Å². The summed E-state index contributed by atoms with van der Waals surface area (Å²) in [5.74, 6) is -1.75. The number of nitrogens with zero attached hydrogens (tertiary/aromatic N) is 5. The van der Waals surface area contributed by atoms with Gasteiger partial charge in [0.25, 0.3) is 0 Å². The molecule has 0 saturated carbocycles. The number of carbonyl (C=O) groups excluding carboxylic acids is 2. The number of thioether (sulfide) groups is 1. The summed E-state index contributed by atoms with van der Waals surface area (Å²) in [4.78, 5) is 41.3. The molecule has 3 aliphatic heterocycles. The Kier molecular flexibility index (Phi) is 6.52. The van der Waals surface area contributed by atoms with Gasteiger partial charge in [0.15, 0.2) is 0 Å². The van der Waals surface area contributed by atoms with Gasteiger partial charge in [0.1, 0.15) is 5.70 Å². The molecule has 0 radical (unpaired) electrons. The quantitative estimate of drug-likeness (QED) is 0.438. The highest BCUT2D eigenvalue weighted by Crippen LogP contribution is 2.53. The number of β-lactam (4-membered cyclic amide) rings is 1. The molecule has 2 fully saturated rings. The van der Waals surface area contributed by atoms with Gasteiger partial charge in [-0.2, -0.15) is 0 Å². The van der Waals surface area contributed by atoms with E-state index in [2.05, 4.69) is 20.9 Å². The van der Waals surface area contributed by atoms with Gasteiger partial charge in [0, 0.05) is 43.3 Å². The van der Waals surface area contributed by atoms with Crippen LogP contribution in [0, 0.1) is 11.8 Å². The second-order valence-electron chi connectivity index (χ2n) is 9.16. The van der Waals surface area contributed by atoms with Crippen molar-refractivity contribution < 1.29 is 19.5 Å². The van der Waals surface area contributed by atoms with Gasteiger partial charge in [-0.05, 0) is 20.4 Å². The summed E-state index contributed by atoms with van der Waals surface area (Å²) in [6, 6.07) is -0.741. The highest BCUT2D eigenvalue weighted by Gasteiger charge is 2.60. The zero-order chi connectivity index (χ0) is 24.0. The summed E-state index contributed by atoms with van der Waals surface area (Å²) in [6.07, 6.45) is 2.44. The molecule has 4 heterocycles. The maximum absolute atomic E-state index is 13.1. The molecule has 180 valence electrons. The third kappa shape index (κ3) is 4.04. The predicted molar refractivity (Wildman–Crippen MR) is 122 cm³/mol. The monoisotopic (exact) mass is 477 g/mol. The average molecular weight is 478 g/mol. The Morgan fingerprint density at radius 2 is 2.15 bits per heavy atom. The lowest BCUT2D eigenvalue weighted by molar-refractivity contribution is -0.159. The molecule has 2 saturated heterocycles. The summed E-state index contributed by atoms with van der Waals surface area (Å²) >= 11 is 1.49. The summed E-state index contributed by atoms with van der Waals surface area (Å²) in [5, 5.41) is 24.6. The van der Waals surface area contributed by atoms with E-state index < -0.39 is 5.97 Å². The number of fused-ring (bicyclic) bond motifs is 1. The van der Waals surface area contributed by atoms with Gasteiger partial charge in [-0.1, -0.05) is 12.1 Å². The zero-order valence-corrected chi connectivity index (χ0v) is 20.3. The van der Waals surface area contributed by atoms with E-state index in [-0.39, 0.29) is 52.7 Å². The van der Waals surface area contributed by atoms with Crippen LogP contribution in [-0.2, 0) is 20.9 Å². The maximum atomic E-state index is 13.1. The number of carboxylic acid groups (broad SMARTS) is 1. The lowest BCUT2D eigenvalue weighted by Crippen LogP contribution is -2.62. The van der Waals surface area contributed by atoms with Crippen molar-refractivity contribution in [1.29, 1.82) is 0 Å². The van der Waals surface area contributed by atoms with E-state index in [1.807, 2.05) is 27.1 Å². The fourth-order valence-electron chi connectivity index (χ4n) is 5.09. The minimum absolute atomic E-state index is 0.0170. The van der Waals surface area contributed by atoms with Crippen molar-refractivity contribution >= 4 is 29.5 Å². The Labute approximate surface area is 196 Å². The van der Waals surface area contributed by atoms with E-state index in [1.54, 1.807) is 23.7 Å². The molecule has 4 rings (SSSR count). The third-order valence-electron chi connectivity index (χ3n) is 6.77. The standard InChI is InChI=1S/C21H31N7O4S/c1-10-16-15(11(2)27-9-12(7-22-3)24-25-27)20(30)28(16)17(21(31)32)18(10)33-13-6-14(23-8-13)19(29)26(4)5/h9-11,13-16,22-23H,6-8H2,1-5H3,(H,31,32)/t10-,11-,13?,14?,15-,16-/m1/s1. The Morgan fingerprint density at radius 3 is 2.79 bits per heavy atom. The summed E-state index contributed by atoms with van der Waals surface area (Å²) in [5.41, 5.74) is 0.867. The van der Waals surface area contributed by atoms with E-state index in [1.165, 1.54) is 16.7 Å². The van der Waals surface area contributed by atoms with E-state index in [9.17, 15) is 19.5 Å². The van der Waals surface area contributed by atoms with Crippen LogP contribution < -0.4 is 10.6 Å². The minimum atomic E-state index is -1.09. The number of nitrogens with one attached hydrogen (secondary N) is 2. The molecule has 3 aliphatic rings. The second kappa shape index (κ2) is 9.07. The first kappa shape index (κ1) is 23.7. The number of carboxylic acids is 1. The van der Waals surface area contributed by atoms with Crippen LogP contribution in [0.15, 0.2) is 16.8 Å². The maximum Gasteiger partial charge on any atom is 0.353 e. The van der Waals surface area contributed by atoms with Crippen LogP contribution in [-0.4, -0.2) is 92.7 Å². The Balaban J connectivity index is 1.51. The van der Waals surface area contributed by atoms with Gasteiger partial charge in [-0.3, -0.25) is 9.59 Å². The topological polar surface area (TPSA) is 133 Å². The number of carbonyl (C=O) groups is 3. The number of likely N-dealkylation sites (N-methyl/N-ethyl adjacent to an activating group) is 1. The summed E-state index contributed by atoms with van der Waals surface area (Å²) < 4.78 is 1.70. The number of aliphatic carboxylic acids is 1. The molecule has 0 aliphatic carbocycles. The van der Waals surface area contributed by atoms with Crippen LogP contribution in [0.1, 0.15) is 32.0 Å². The SMILES string of the molecule is CNCc1cn([C@H](C)[C@H]2C(=O)N3C(C(=O)O)=C(SC4CNC(C(=O)N(C)C)C4)[C@H](C)[C@H]23)nn1. The molecule has 1 aromatic rings. The van der Waals surface area contributed by atoms with Crippen molar-refractivity contribution in [3.05, 3.63) is 22.5 Å². The van der Waals surface area contributed by atoms with E-state index >= 15 is 0 Å². The van der Waals surface area contributed by atoms with Gasteiger partial charge >= 0.3 is 5.97 Å². The lowest BCUT2D eigenvalue weighted by Gasteiger charge is -2.47. The van der Waals surface area contributed by atoms with Gasteiger partial charge in [0.05, 0.1) is 35.9 Å². The number of rotatable bonds is 8. The molecule has 2 unspecified atom stereocenters. The molecular weight excluding hydrogens is 446 g/mol. The summed E-state index contributed by atoms with van der Waals surface area (Å²) in [6.45, 7) is 5.11. The smallest absolute Gasteiger partial charge is 0.353 e. The van der Waals surface area contributed by atoms with Crippen LogP contribution in [0.2, 0.25) is 0 Å². The molecular formula is C21H31N7O4S. The second-order valence-corrected chi connectivity index (χ2v) is 10.5. The molecule has 0 bridgehead atoms. The Hall–Kier alpha value is -2.44. The summed E-state index contributed by atoms with van der Waals surface area (Å²) in [7, 11) is 5.28. The molecule has 2 amide bonds. The molecule has 1 aromatic heterocycles. The van der Waals surface area contributed by atoms with E-state index in [0.717, 1.165) is 10.6 Å². The largest absolute Gasteiger partial charge is 0.477 e. The van der Waals surface area contributed by atoms with Gasteiger partial charge < -0.3 is 25.5 Å². The number of amides is 2. The third-order valence-corrected chi connectivity index (χ3v) is 8.28. The average Bonchev–Trinajstić information content (AvgIpc) is 3.47. The zero-order valence-electron chi connectivity index (χ0n) is 19.5. The number of hydrogen-bond acceptors (Lipinski definition) is 8. The van der Waals surface area contributed by atoms with Crippen LogP contribution >= 0.6 is 11.8 Å². The molecule has 12 heteroatoms. The van der Waals surface area contributed by atoms with Crippen molar-refractivity contribution in [3.8, 4) is 0 Å². The minimum Gasteiger partial charge on any atom is -0.477 e. The molecule has 11 nitrogen and oxygen atoms in total. The molecule has 3 N–H and O–H groups in total. The van der Waals surface area contributed by atoms with Gasteiger partial charge in [-0.25, -0.2) is 9.48 Å². The van der Waals surface area contributed by atoms with Gasteiger partial charge in [0.2, 0.25) is 11.8 Å². The van der Waals surface area contributed by atoms with Gasteiger partial charge in [-0.15, -0.1) is 16.9 Å². The predicted octanol–water partition coefficient (Wildman–Crippen LogP) is -0.117. The molecule has 0 spiro atoms. The molecule has 33 heavy (non-hydrogen) atoms. The highest BCUT2D eigenvalue weighted by atomic mass is 32.2. The number of aromatic nitrogens is 3. The first-order valence-electron chi connectivity index (χ1n) is 11.1. The van der Waals surface area contributed by atoms with Crippen molar-refractivity contribution in [3.63, 3.8) is 0 Å². The first-order chi connectivity index (χ1) is 15.6. The Bertz CT molecular complexity index is 993. The van der Waals surface area contributed by atoms with Crippen molar-refractivity contribution in [2.75, 3.05) is 27.7 Å². The van der Waals surface area contributed by atoms with Crippen LogP contribution in [0.5, 0.6) is 0 Å². The number of hydrogen-bond donors (Lipinski definition) is 3. The normalized spacial score (nSPS) is 29.8. The van der Waals surface area contributed by atoms with Crippen molar-refractivity contribution in [1.82, 2.24) is 35.4 Å². The van der Waals surface area contributed by atoms with E-state index in [0.29, 0.717) is 19.5 Å². The fraction of sp³-hybridized carbons (Fsp3) is 0.667. The molecule has 0 aromatic carbocycles. The highest BCUT2D eigenvalue weighted by molar-refractivity contribution is 8.03. The van der Waals surface area contributed by atoms with Crippen LogP contribution in [0.4, 0.5) is 0 Å². The van der Waals surface area contributed by atoms with E-state index in [4.69, 9.17) is 0 Å². The lowest BCUT2D eigenvalue weighted by atomic mass is 9.78. The first-order valence-corrected chi connectivity index (χ1v) is 12.0. The van der Waals surface area contributed by atoms with Crippen molar-refractivity contribution in [2.24, 2.45) is 11.8 Å². The van der Waals surface area contributed by atoms with Crippen molar-refractivity contribution in [2.45, 2.75) is 50.2 Å². The van der Waals surface area contributed by atoms with Crippen LogP contribution in [0.3, 0.4) is 0 Å².